The Morgan fingerprint density at radius 2 is 2.10 bits per heavy atom. The lowest BCUT2D eigenvalue weighted by Gasteiger charge is -2.31. The number of morpholine rings is 1. The molecule has 9 nitrogen and oxygen atoms in total. The third kappa shape index (κ3) is 5.00. The molecule has 0 aromatic carbocycles. The van der Waals surface area contributed by atoms with Gasteiger partial charge in [-0.05, 0) is 26.3 Å². The number of amides is 2. The third-order valence-electron chi connectivity index (χ3n) is 5.44. The number of nitrogens with one attached hydrogen (secondary N) is 1. The van der Waals surface area contributed by atoms with Crippen molar-refractivity contribution in [1.29, 1.82) is 0 Å². The van der Waals surface area contributed by atoms with Gasteiger partial charge in [-0.2, -0.15) is 0 Å². The molecule has 2 aliphatic heterocycles. The van der Waals surface area contributed by atoms with Gasteiger partial charge in [0, 0.05) is 43.3 Å². The standard InChI is InChI=1S/C20H26N6O3S/c1-14-16(19(28)26-6-8-29-9-7-26)11-22-18(23-14)15-3-2-5-25(12-15)13-17(27)24-20-21-4-10-30-20/h4,10-11,15H,2-3,5-9,12-13H2,1H3,(H,21,24,27)/t15-/m1/s1. The van der Waals surface area contributed by atoms with E-state index in [0.717, 1.165) is 31.8 Å². The number of rotatable bonds is 5. The first-order chi connectivity index (χ1) is 14.6. The Balaban J connectivity index is 1.37. The Labute approximate surface area is 179 Å². The normalized spacial score (nSPS) is 20.2. The van der Waals surface area contributed by atoms with E-state index < -0.39 is 0 Å². The van der Waals surface area contributed by atoms with Gasteiger partial charge in [0.05, 0.1) is 31.0 Å². The van der Waals surface area contributed by atoms with Gasteiger partial charge in [0.2, 0.25) is 5.91 Å². The van der Waals surface area contributed by atoms with Crippen LogP contribution in [-0.4, -0.2) is 82.5 Å². The first-order valence-corrected chi connectivity index (χ1v) is 11.1. The summed E-state index contributed by atoms with van der Waals surface area (Å²) in [5.41, 5.74) is 1.26. The first-order valence-electron chi connectivity index (χ1n) is 10.2. The second-order valence-electron chi connectivity index (χ2n) is 7.59. The highest BCUT2D eigenvalue weighted by Crippen LogP contribution is 2.25. The van der Waals surface area contributed by atoms with E-state index >= 15 is 0 Å². The van der Waals surface area contributed by atoms with Gasteiger partial charge < -0.3 is 15.0 Å². The molecule has 0 aliphatic carbocycles. The zero-order chi connectivity index (χ0) is 20.9. The molecule has 2 amide bonds. The van der Waals surface area contributed by atoms with Crippen LogP contribution in [0.25, 0.3) is 0 Å². The van der Waals surface area contributed by atoms with Crippen molar-refractivity contribution in [2.24, 2.45) is 0 Å². The molecule has 0 unspecified atom stereocenters. The minimum absolute atomic E-state index is 0.0357. The lowest BCUT2D eigenvalue weighted by molar-refractivity contribution is -0.117. The van der Waals surface area contributed by atoms with Crippen molar-refractivity contribution in [3.8, 4) is 0 Å². The van der Waals surface area contributed by atoms with Crippen molar-refractivity contribution >= 4 is 28.3 Å². The van der Waals surface area contributed by atoms with Crippen LogP contribution < -0.4 is 5.32 Å². The number of hydrogen-bond acceptors (Lipinski definition) is 8. The maximum atomic E-state index is 12.7. The maximum Gasteiger partial charge on any atom is 0.257 e. The molecule has 2 aliphatic rings. The van der Waals surface area contributed by atoms with Crippen LogP contribution >= 0.6 is 11.3 Å². The van der Waals surface area contributed by atoms with E-state index in [0.29, 0.717) is 49.2 Å². The fourth-order valence-electron chi connectivity index (χ4n) is 3.89. The van der Waals surface area contributed by atoms with Gasteiger partial charge in [-0.25, -0.2) is 15.0 Å². The van der Waals surface area contributed by atoms with Gasteiger partial charge in [0.25, 0.3) is 5.91 Å². The monoisotopic (exact) mass is 430 g/mol. The number of anilines is 1. The van der Waals surface area contributed by atoms with Crippen molar-refractivity contribution in [3.05, 3.63) is 34.9 Å². The summed E-state index contributed by atoms with van der Waals surface area (Å²) in [6.45, 7) is 6.11. The molecule has 10 heteroatoms. The summed E-state index contributed by atoms with van der Waals surface area (Å²) in [6.07, 6.45) is 5.28. The number of likely N-dealkylation sites (tertiary alicyclic amines) is 1. The number of ether oxygens (including phenoxy) is 1. The fourth-order valence-corrected chi connectivity index (χ4v) is 4.43. The minimum Gasteiger partial charge on any atom is -0.378 e. The molecule has 2 aromatic heterocycles. The molecule has 160 valence electrons. The number of aryl methyl sites for hydroxylation is 1. The molecule has 2 aromatic rings. The van der Waals surface area contributed by atoms with Crippen molar-refractivity contribution in [2.75, 3.05) is 51.3 Å². The number of thiazole rings is 1. The quantitative estimate of drug-likeness (QED) is 0.768. The lowest BCUT2D eigenvalue weighted by atomic mass is 9.97. The molecule has 0 spiro atoms. The fraction of sp³-hybridized carbons (Fsp3) is 0.550. The van der Waals surface area contributed by atoms with Crippen molar-refractivity contribution in [1.82, 2.24) is 24.8 Å². The zero-order valence-electron chi connectivity index (χ0n) is 17.0. The molecule has 1 N–H and O–H groups in total. The summed E-state index contributed by atoms with van der Waals surface area (Å²) in [6, 6.07) is 0. The Hall–Kier alpha value is -2.43. The lowest BCUT2D eigenvalue weighted by Crippen LogP contribution is -2.41. The number of nitrogens with zero attached hydrogens (tertiary/aromatic N) is 5. The van der Waals surface area contributed by atoms with Crippen molar-refractivity contribution in [3.63, 3.8) is 0 Å². The molecule has 0 radical (unpaired) electrons. The summed E-state index contributed by atoms with van der Waals surface area (Å²) in [5, 5.41) is 5.28. The van der Waals surface area contributed by atoms with Crippen molar-refractivity contribution < 1.29 is 14.3 Å². The van der Waals surface area contributed by atoms with Crippen LogP contribution in [0.2, 0.25) is 0 Å². The van der Waals surface area contributed by atoms with Gasteiger partial charge in [0.15, 0.2) is 5.13 Å². The van der Waals surface area contributed by atoms with Crippen molar-refractivity contribution in [2.45, 2.75) is 25.7 Å². The highest BCUT2D eigenvalue weighted by atomic mass is 32.1. The molecule has 30 heavy (non-hydrogen) atoms. The molecule has 2 fully saturated rings. The van der Waals surface area contributed by atoms with Gasteiger partial charge in [-0.15, -0.1) is 11.3 Å². The second-order valence-corrected chi connectivity index (χ2v) is 8.49. The van der Waals surface area contributed by atoms with Crippen LogP contribution in [0.15, 0.2) is 17.8 Å². The largest absolute Gasteiger partial charge is 0.378 e. The Bertz CT molecular complexity index is 885. The Morgan fingerprint density at radius 1 is 1.27 bits per heavy atom. The zero-order valence-corrected chi connectivity index (χ0v) is 17.9. The van der Waals surface area contributed by atoms with Crippen LogP contribution in [0.4, 0.5) is 5.13 Å². The van der Waals surface area contributed by atoms with E-state index in [1.165, 1.54) is 11.3 Å². The van der Waals surface area contributed by atoms with Gasteiger partial charge >= 0.3 is 0 Å². The summed E-state index contributed by atoms with van der Waals surface area (Å²) < 4.78 is 5.32. The van der Waals surface area contributed by atoms with Crippen LogP contribution in [0, 0.1) is 6.92 Å². The third-order valence-corrected chi connectivity index (χ3v) is 6.13. The molecular formula is C20H26N6O3S. The second kappa shape index (κ2) is 9.59. The smallest absolute Gasteiger partial charge is 0.257 e. The number of hydrogen-bond donors (Lipinski definition) is 1. The highest BCUT2D eigenvalue weighted by Gasteiger charge is 2.27. The summed E-state index contributed by atoms with van der Waals surface area (Å²) in [5.74, 6) is 0.800. The molecule has 1 atom stereocenters. The molecule has 0 saturated carbocycles. The molecular weight excluding hydrogens is 404 g/mol. The topological polar surface area (TPSA) is 101 Å². The molecule has 0 bridgehead atoms. The van der Waals surface area contributed by atoms with E-state index in [-0.39, 0.29) is 17.7 Å². The Kier molecular flexibility index (Phi) is 6.66. The predicted octanol–water partition coefficient (Wildman–Crippen LogP) is 1.53. The van der Waals surface area contributed by atoms with Gasteiger partial charge in [-0.3, -0.25) is 14.5 Å². The highest BCUT2D eigenvalue weighted by molar-refractivity contribution is 7.13. The van der Waals surface area contributed by atoms with Crippen LogP contribution in [-0.2, 0) is 9.53 Å². The summed E-state index contributed by atoms with van der Waals surface area (Å²) in [4.78, 5) is 42.2. The van der Waals surface area contributed by atoms with Crippen LogP contribution in [0.5, 0.6) is 0 Å². The van der Waals surface area contributed by atoms with E-state index in [1.54, 1.807) is 17.3 Å². The average Bonchev–Trinajstić information content (AvgIpc) is 3.27. The van der Waals surface area contributed by atoms with Crippen LogP contribution in [0.1, 0.15) is 40.6 Å². The molecule has 2 saturated heterocycles. The predicted molar refractivity (Wildman–Crippen MR) is 113 cm³/mol. The number of aromatic nitrogens is 3. The number of carbonyl (C=O) groups is 2. The van der Waals surface area contributed by atoms with Crippen LogP contribution in [0.3, 0.4) is 0 Å². The van der Waals surface area contributed by atoms with E-state index in [1.807, 2.05) is 12.3 Å². The van der Waals surface area contributed by atoms with Gasteiger partial charge in [0.1, 0.15) is 5.82 Å². The van der Waals surface area contributed by atoms with E-state index in [9.17, 15) is 9.59 Å². The van der Waals surface area contributed by atoms with Gasteiger partial charge in [-0.1, -0.05) is 0 Å². The summed E-state index contributed by atoms with van der Waals surface area (Å²) in [7, 11) is 0. The molecule has 4 heterocycles. The number of piperidine rings is 1. The molecule has 4 rings (SSSR count). The SMILES string of the molecule is Cc1nc([C@@H]2CCCN(CC(=O)Nc3nccs3)C2)ncc1C(=O)N1CCOCC1. The average molecular weight is 431 g/mol. The maximum absolute atomic E-state index is 12.7. The minimum atomic E-state index is -0.0610. The van der Waals surface area contributed by atoms with E-state index in [4.69, 9.17) is 4.74 Å². The summed E-state index contributed by atoms with van der Waals surface area (Å²) >= 11 is 1.41. The Morgan fingerprint density at radius 3 is 2.83 bits per heavy atom. The van der Waals surface area contributed by atoms with E-state index in [2.05, 4.69) is 25.2 Å². The number of carbonyl (C=O) groups excluding carboxylic acids is 2. The first kappa shape index (κ1) is 20.8.